The second kappa shape index (κ2) is 8.09. The summed E-state index contributed by atoms with van der Waals surface area (Å²) < 4.78 is 42.5. The number of pyridine rings is 1. The Kier molecular flexibility index (Phi) is 5.35. The molecular formula is C25H18ClFN2O2S2. The fraction of sp³-hybridized carbons (Fsp3) is 0.0800. The van der Waals surface area contributed by atoms with Gasteiger partial charge in [-0.2, -0.15) is 0 Å². The molecule has 5 aromatic rings. The van der Waals surface area contributed by atoms with E-state index in [1.807, 2.05) is 31.4 Å². The Hall–Kier alpha value is -3.00. The predicted octanol–water partition coefficient (Wildman–Crippen LogP) is 7.08. The van der Waals surface area contributed by atoms with Crippen molar-refractivity contribution < 1.29 is 12.8 Å². The summed E-state index contributed by atoms with van der Waals surface area (Å²) in [4.78, 5) is 5.82. The molecule has 0 aliphatic heterocycles. The van der Waals surface area contributed by atoms with Crippen molar-refractivity contribution in [1.29, 1.82) is 0 Å². The van der Waals surface area contributed by atoms with Gasteiger partial charge >= 0.3 is 0 Å². The van der Waals surface area contributed by atoms with Crippen LogP contribution in [0.25, 0.3) is 33.3 Å². The minimum atomic E-state index is -3.95. The fourth-order valence-corrected chi connectivity index (χ4v) is 6.03. The molecule has 0 N–H and O–H groups in total. The first-order valence-electron chi connectivity index (χ1n) is 10.1. The minimum Gasteiger partial charge on any atom is -0.237 e. The number of thiophene rings is 1. The van der Waals surface area contributed by atoms with Gasteiger partial charge in [-0.15, -0.1) is 11.3 Å². The molecule has 0 unspecified atom stereocenters. The van der Waals surface area contributed by atoms with E-state index in [-0.39, 0.29) is 15.6 Å². The van der Waals surface area contributed by atoms with Crippen molar-refractivity contribution >= 4 is 44.0 Å². The normalized spacial score (nSPS) is 11.9. The molecule has 33 heavy (non-hydrogen) atoms. The Morgan fingerprint density at radius 2 is 1.76 bits per heavy atom. The van der Waals surface area contributed by atoms with Crippen molar-refractivity contribution in [1.82, 2.24) is 8.96 Å². The van der Waals surface area contributed by atoms with E-state index in [1.54, 1.807) is 53.9 Å². The van der Waals surface area contributed by atoms with Crippen LogP contribution in [0.5, 0.6) is 0 Å². The van der Waals surface area contributed by atoms with Crippen LogP contribution in [0, 0.1) is 19.7 Å². The summed E-state index contributed by atoms with van der Waals surface area (Å²) in [7, 11) is -3.95. The quantitative estimate of drug-likeness (QED) is 0.267. The summed E-state index contributed by atoms with van der Waals surface area (Å²) in [6.45, 7) is 3.91. The second-order valence-electron chi connectivity index (χ2n) is 7.80. The van der Waals surface area contributed by atoms with Crippen LogP contribution in [0.15, 0.2) is 77.3 Å². The lowest BCUT2D eigenvalue weighted by Gasteiger charge is -2.07. The lowest BCUT2D eigenvalue weighted by Crippen LogP contribution is -2.12. The Balaban J connectivity index is 1.81. The summed E-state index contributed by atoms with van der Waals surface area (Å²) in [6.07, 6.45) is 3.12. The third kappa shape index (κ3) is 3.76. The molecule has 0 bridgehead atoms. The van der Waals surface area contributed by atoms with Gasteiger partial charge in [0.1, 0.15) is 5.82 Å². The monoisotopic (exact) mass is 496 g/mol. The molecule has 0 radical (unpaired) electrons. The Morgan fingerprint density at radius 3 is 2.45 bits per heavy atom. The van der Waals surface area contributed by atoms with Gasteiger partial charge in [0, 0.05) is 39.3 Å². The van der Waals surface area contributed by atoms with Gasteiger partial charge in [-0.1, -0.05) is 41.4 Å². The van der Waals surface area contributed by atoms with Gasteiger partial charge in [0.15, 0.2) is 5.65 Å². The zero-order chi connectivity index (χ0) is 23.3. The molecule has 0 atom stereocenters. The third-order valence-corrected chi connectivity index (χ3v) is 8.41. The standard InChI is InChI=1S/C25H18ClFN2O2S2/c1-15-6-8-19(9-7-15)33(30,31)29-13-22(20-4-3-5-23(27)24(20)26)21-11-17(12-28-25(21)29)18-10-16(2)32-14-18/h3-14H,1-2H3. The zero-order valence-electron chi connectivity index (χ0n) is 17.7. The van der Waals surface area contributed by atoms with E-state index in [9.17, 15) is 12.8 Å². The minimum absolute atomic E-state index is 0.0685. The van der Waals surface area contributed by atoms with E-state index >= 15 is 0 Å². The van der Waals surface area contributed by atoms with Crippen molar-refractivity contribution in [2.45, 2.75) is 18.7 Å². The van der Waals surface area contributed by atoms with Crippen molar-refractivity contribution in [3.05, 3.63) is 93.7 Å². The smallest absolute Gasteiger partial charge is 0.237 e. The second-order valence-corrected chi connectivity index (χ2v) is 11.1. The maximum absolute atomic E-state index is 14.3. The molecule has 0 saturated carbocycles. The van der Waals surface area contributed by atoms with Crippen molar-refractivity contribution in [3.8, 4) is 22.3 Å². The molecular weight excluding hydrogens is 479 g/mol. The first-order chi connectivity index (χ1) is 15.8. The maximum Gasteiger partial charge on any atom is 0.269 e. The summed E-state index contributed by atoms with van der Waals surface area (Å²) in [5, 5.41) is 2.52. The van der Waals surface area contributed by atoms with E-state index in [2.05, 4.69) is 4.98 Å². The largest absolute Gasteiger partial charge is 0.269 e. The van der Waals surface area contributed by atoms with Crippen LogP contribution in [0.1, 0.15) is 10.4 Å². The predicted molar refractivity (Wildman–Crippen MR) is 132 cm³/mol. The molecule has 4 nitrogen and oxygen atoms in total. The van der Waals surface area contributed by atoms with Gasteiger partial charge in [-0.05, 0) is 55.1 Å². The average Bonchev–Trinajstić information content (AvgIpc) is 3.40. The lowest BCUT2D eigenvalue weighted by molar-refractivity contribution is 0.589. The molecule has 0 fully saturated rings. The molecule has 3 heterocycles. The SMILES string of the molecule is Cc1ccc(S(=O)(=O)n2cc(-c3cccc(F)c3Cl)c3cc(-c4csc(C)c4)cnc32)cc1. The Morgan fingerprint density at radius 1 is 1.00 bits per heavy atom. The first-order valence-corrected chi connectivity index (χ1v) is 12.8. The van der Waals surface area contributed by atoms with Crippen LogP contribution >= 0.6 is 22.9 Å². The highest BCUT2D eigenvalue weighted by Crippen LogP contribution is 2.38. The molecule has 166 valence electrons. The molecule has 0 aliphatic carbocycles. The highest BCUT2D eigenvalue weighted by atomic mass is 35.5. The van der Waals surface area contributed by atoms with E-state index < -0.39 is 15.8 Å². The van der Waals surface area contributed by atoms with Crippen LogP contribution in [0.4, 0.5) is 4.39 Å². The van der Waals surface area contributed by atoms with E-state index in [0.29, 0.717) is 16.5 Å². The summed E-state index contributed by atoms with van der Waals surface area (Å²) in [6, 6.07) is 15.0. The van der Waals surface area contributed by atoms with Crippen molar-refractivity contribution in [2.24, 2.45) is 0 Å². The zero-order valence-corrected chi connectivity index (χ0v) is 20.1. The average molecular weight is 497 g/mol. The van der Waals surface area contributed by atoms with Crippen LogP contribution in [-0.2, 0) is 10.0 Å². The highest BCUT2D eigenvalue weighted by Gasteiger charge is 2.24. The van der Waals surface area contributed by atoms with Gasteiger partial charge in [0.25, 0.3) is 10.0 Å². The number of hydrogen-bond donors (Lipinski definition) is 0. The number of benzene rings is 2. The number of aromatic nitrogens is 2. The van der Waals surface area contributed by atoms with Crippen molar-refractivity contribution in [2.75, 3.05) is 0 Å². The summed E-state index contributed by atoms with van der Waals surface area (Å²) in [5.74, 6) is -0.575. The molecule has 0 amide bonds. The van der Waals surface area contributed by atoms with Crippen LogP contribution in [-0.4, -0.2) is 17.4 Å². The molecule has 3 aromatic heterocycles. The van der Waals surface area contributed by atoms with E-state index in [0.717, 1.165) is 25.5 Å². The molecule has 2 aromatic carbocycles. The molecule has 0 spiro atoms. The molecule has 8 heteroatoms. The summed E-state index contributed by atoms with van der Waals surface area (Å²) >= 11 is 7.91. The van der Waals surface area contributed by atoms with Gasteiger partial charge in [-0.3, -0.25) is 0 Å². The van der Waals surface area contributed by atoms with E-state index in [4.69, 9.17) is 11.6 Å². The topological polar surface area (TPSA) is 52.0 Å². The molecule has 0 aliphatic rings. The fourth-order valence-electron chi connectivity index (χ4n) is 3.77. The van der Waals surface area contributed by atoms with E-state index in [1.165, 1.54) is 12.3 Å². The number of rotatable bonds is 4. The van der Waals surface area contributed by atoms with Crippen LogP contribution < -0.4 is 0 Å². The van der Waals surface area contributed by atoms with Crippen LogP contribution in [0.3, 0.4) is 0 Å². The molecule has 5 rings (SSSR count). The molecule has 0 saturated heterocycles. The number of fused-ring (bicyclic) bond motifs is 1. The number of halogens is 2. The number of hydrogen-bond acceptors (Lipinski definition) is 4. The number of aryl methyl sites for hydroxylation is 2. The Bertz CT molecular complexity index is 1620. The highest BCUT2D eigenvalue weighted by molar-refractivity contribution is 7.90. The van der Waals surface area contributed by atoms with Gasteiger partial charge in [0.2, 0.25) is 0 Å². The third-order valence-electron chi connectivity index (χ3n) is 5.50. The van der Waals surface area contributed by atoms with Gasteiger partial charge < -0.3 is 0 Å². The van der Waals surface area contributed by atoms with Crippen LogP contribution in [0.2, 0.25) is 5.02 Å². The maximum atomic E-state index is 14.3. The van der Waals surface area contributed by atoms with Crippen molar-refractivity contribution in [3.63, 3.8) is 0 Å². The Labute approximate surface area is 200 Å². The lowest BCUT2D eigenvalue weighted by atomic mass is 10.0. The van der Waals surface area contributed by atoms with Gasteiger partial charge in [-0.25, -0.2) is 21.8 Å². The van der Waals surface area contributed by atoms with Gasteiger partial charge in [0.05, 0.1) is 9.92 Å². The summed E-state index contributed by atoms with van der Waals surface area (Å²) in [5.41, 5.74) is 3.92. The first kappa shape index (κ1) is 21.8. The number of nitrogens with zero attached hydrogens (tertiary/aromatic N) is 2.